The zero-order chi connectivity index (χ0) is 15.6. The Balaban J connectivity index is 2.35. The molecule has 1 N–H and O–H groups in total. The van der Waals surface area contributed by atoms with Crippen LogP contribution in [0.1, 0.15) is 47.5 Å². The molecule has 0 fully saturated rings. The monoisotopic (exact) mass is 289 g/mol. The first-order valence-electron chi connectivity index (χ1n) is 7.44. The summed E-state index contributed by atoms with van der Waals surface area (Å²) < 4.78 is 15.2. The lowest BCUT2D eigenvalue weighted by molar-refractivity contribution is 0.568. The van der Waals surface area contributed by atoms with Gasteiger partial charge in [-0.05, 0) is 57.5 Å². The van der Waals surface area contributed by atoms with Gasteiger partial charge in [-0.3, -0.25) is 4.68 Å². The Labute approximate surface area is 126 Å². The highest BCUT2D eigenvalue weighted by Crippen LogP contribution is 2.24. The Hall–Kier alpha value is -1.68. The highest BCUT2D eigenvalue weighted by Gasteiger charge is 2.18. The van der Waals surface area contributed by atoms with Gasteiger partial charge in [0.2, 0.25) is 0 Å². The van der Waals surface area contributed by atoms with E-state index in [-0.39, 0.29) is 5.82 Å². The van der Waals surface area contributed by atoms with Crippen LogP contribution < -0.4 is 5.32 Å². The Morgan fingerprint density at radius 2 is 2.00 bits per heavy atom. The van der Waals surface area contributed by atoms with E-state index in [1.165, 1.54) is 17.3 Å². The quantitative estimate of drug-likeness (QED) is 0.910. The van der Waals surface area contributed by atoms with Crippen molar-refractivity contribution in [3.63, 3.8) is 0 Å². The van der Waals surface area contributed by atoms with Crippen molar-refractivity contribution < 1.29 is 4.39 Å². The van der Waals surface area contributed by atoms with E-state index in [1.54, 1.807) is 6.07 Å². The van der Waals surface area contributed by atoms with Crippen LogP contribution in [-0.2, 0) is 6.54 Å². The van der Waals surface area contributed by atoms with Crippen LogP contribution in [0.15, 0.2) is 18.2 Å². The van der Waals surface area contributed by atoms with E-state index in [1.807, 2.05) is 24.7 Å². The van der Waals surface area contributed by atoms with Gasteiger partial charge in [-0.15, -0.1) is 0 Å². The lowest BCUT2D eigenvalue weighted by atomic mass is 10.0. The lowest BCUT2D eigenvalue weighted by Crippen LogP contribution is -2.17. The molecular formula is C17H24FN3. The van der Waals surface area contributed by atoms with Gasteiger partial charge in [-0.25, -0.2) is 4.39 Å². The summed E-state index contributed by atoms with van der Waals surface area (Å²) in [5.74, 6) is -0.188. The summed E-state index contributed by atoms with van der Waals surface area (Å²) in [6, 6.07) is 5.26. The first kappa shape index (κ1) is 15.7. The number of aryl methyl sites for hydroxylation is 2. The molecule has 114 valence electrons. The first-order chi connectivity index (χ1) is 9.97. The van der Waals surface area contributed by atoms with Crippen LogP contribution in [0.2, 0.25) is 0 Å². The average Bonchev–Trinajstić information content (AvgIpc) is 2.71. The molecule has 1 aromatic carbocycles. The van der Waals surface area contributed by atoms with Gasteiger partial charge in [-0.2, -0.15) is 5.10 Å². The predicted molar refractivity (Wildman–Crippen MR) is 84.0 cm³/mol. The summed E-state index contributed by atoms with van der Waals surface area (Å²) in [5.41, 5.74) is 5.58. The third-order valence-electron chi connectivity index (χ3n) is 4.17. The van der Waals surface area contributed by atoms with E-state index in [4.69, 9.17) is 0 Å². The van der Waals surface area contributed by atoms with Gasteiger partial charge in [0.05, 0.1) is 12.2 Å². The van der Waals surface area contributed by atoms with Gasteiger partial charge in [0, 0.05) is 17.3 Å². The molecule has 1 aromatic heterocycles. The van der Waals surface area contributed by atoms with Gasteiger partial charge >= 0.3 is 0 Å². The smallest absolute Gasteiger partial charge is 0.123 e. The van der Waals surface area contributed by atoms with Crippen molar-refractivity contribution >= 4 is 0 Å². The second-order valence-corrected chi connectivity index (χ2v) is 5.56. The molecule has 2 rings (SSSR count). The fourth-order valence-electron chi connectivity index (χ4n) is 2.92. The Bertz CT molecular complexity index is 627. The number of aromatic nitrogens is 2. The van der Waals surface area contributed by atoms with Crippen LogP contribution in [0.25, 0.3) is 0 Å². The molecule has 0 radical (unpaired) electrons. The third kappa shape index (κ3) is 3.16. The standard InChI is InChI=1S/C17H24FN3/c1-6-16(19-5)17-12(3)20-21(13(17)4)10-14-7-8-15(18)9-11(14)2/h7-9,16,19H,6,10H2,1-5H3. The summed E-state index contributed by atoms with van der Waals surface area (Å²) in [4.78, 5) is 0. The number of halogens is 1. The molecule has 1 heterocycles. The van der Waals surface area contributed by atoms with E-state index in [9.17, 15) is 4.39 Å². The molecule has 0 aliphatic carbocycles. The van der Waals surface area contributed by atoms with Crippen LogP contribution in [-0.4, -0.2) is 16.8 Å². The summed E-state index contributed by atoms with van der Waals surface area (Å²) in [6.45, 7) is 8.94. The molecule has 3 nitrogen and oxygen atoms in total. The molecule has 0 amide bonds. The molecule has 0 saturated heterocycles. The van der Waals surface area contributed by atoms with Gasteiger partial charge in [0.1, 0.15) is 5.82 Å². The van der Waals surface area contributed by atoms with Crippen molar-refractivity contribution in [3.05, 3.63) is 52.1 Å². The summed E-state index contributed by atoms with van der Waals surface area (Å²) in [5, 5.41) is 8.01. The van der Waals surface area contributed by atoms with Crippen molar-refractivity contribution in [2.24, 2.45) is 0 Å². The lowest BCUT2D eigenvalue weighted by Gasteiger charge is -2.15. The fraction of sp³-hybridized carbons (Fsp3) is 0.471. The van der Waals surface area contributed by atoms with Crippen molar-refractivity contribution in [1.82, 2.24) is 15.1 Å². The second-order valence-electron chi connectivity index (χ2n) is 5.56. The van der Waals surface area contributed by atoms with Crippen LogP contribution >= 0.6 is 0 Å². The zero-order valence-electron chi connectivity index (χ0n) is 13.5. The molecular weight excluding hydrogens is 265 g/mol. The van der Waals surface area contributed by atoms with E-state index in [0.717, 1.165) is 23.2 Å². The minimum atomic E-state index is -0.188. The van der Waals surface area contributed by atoms with Gasteiger partial charge in [0.15, 0.2) is 0 Å². The Morgan fingerprint density at radius 1 is 1.29 bits per heavy atom. The molecule has 21 heavy (non-hydrogen) atoms. The fourth-order valence-corrected chi connectivity index (χ4v) is 2.92. The minimum absolute atomic E-state index is 0.188. The largest absolute Gasteiger partial charge is 0.313 e. The maximum absolute atomic E-state index is 13.2. The molecule has 0 saturated carbocycles. The molecule has 1 atom stereocenters. The average molecular weight is 289 g/mol. The highest BCUT2D eigenvalue weighted by molar-refractivity contribution is 5.31. The maximum Gasteiger partial charge on any atom is 0.123 e. The van der Waals surface area contributed by atoms with Crippen molar-refractivity contribution in [3.8, 4) is 0 Å². The number of nitrogens with zero attached hydrogens (tertiary/aromatic N) is 2. The molecule has 4 heteroatoms. The number of hydrogen-bond acceptors (Lipinski definition) is 2. The first-order valence-corrected chi connectivity index (χ1v) is 7.44. The van der Waals surface area contributed by atoms with E-state index >= 15 is 0 Å². The number of benzene rings is 1. The zero-order valence-corrected chi connectivity index (χ0v) is 13.5. The van der Waals surface area contributed by atoms with Gasteiger partial charge in [0.25, 0.3) is 0 Å². The van der Waals surface area contributed by atoms with Crippen LogP contribution in [0.3, 0.4) is 0 Å². The van der Waals surface area contributed by atoms with E-state index < -0.39 is 0 Å². The van der Waals surface area contributed by atoms with Crippen molar-refractivity contribution in [2.45, 2.75) is 46.7 Å². The predicted octanol–water partition coefficient (Wildman–Crippen LogP) is 3.67. The van der Waals surface area contributed by atoms with Crippen LogP contribution in [0.5, 0.6) is 0 Å². The van der Waals surface area contributed by atoms with Gasteiger partial charge < -0.3 is 5.32 Å². The normalized spacial score (nSPS) is 12.7. The number of rotatable bonds is 5. The minimum Gasteiger partial charge on any atom is -0.313 e. The third-order valence-corrected chi connectivity index (χ3v) is 4.17. The highest BCUT2D eigenvalue weighted by atomic mass is 19.1. The molecule has 2 aromatic rings. The molecule has 0 aliphatic rings. The van der Waals surface area contributed by atoms with Crippen LogP contribution in [0, 0.1) is 26.6 Å². The van der Waals surface area contributed by atoms with Gasteiger partial charge in [-0.1, -0.05) is 13.0 Å². The summed E-state index contributed by atoms with van der Waals surface area (Å²) in [6.07, 6.45) is 1.03. The molecule has 1 unspecified atom stereocenters. The molecule has 0 spiro atoms. The van der Waals surface area contributed by atoms with Crippen LogP contribution in [0.4, 0.5) is 4.39 Å². The maximum atomic E-state index is 13.2. The van der Waals surface area contributed by atoms with E-state index in [0.29, 0.717) is 12.6 Å². The van der Waals surface area contributed by atoms with Crippen molar-refractivity contribution in [1.29, 1.82) is 0 Å². The second kappa shape index (κ2) is 6.39. The van der Waals surface area contributed by atoms with E-state index in [2.05, 4.69) is 31.2 Å². The Kier molecular flexibility index (Phi) is 4.78. The Morgan fingerprint density at radius 3 is 2.57 bits per heavy atom. The molecule has 0 aliphatic heterocycles. The summed E-state index contributed by atoms with van der Waals surface area (Å²) >= 11 is 0. The van der Waals surface area contributed by atoms with Crippen molar-refractivity contribution in [2.75, 3.05) is 7.05 Å². The molecule has 0 bridgehead atoms. The summed E-state index contributed by atoms with van der Waals surface area (Å²) in [7, 11) is 1.98. The number of nitrogens with one attached hydrogen (secondary N) is 1. The topological polar surface area (TPSA) is 29.9 Å². The number of hydrogen-bond donors (Lipinski definition) is 1. The SMILES string of the molecule is CCC(NC)c1c(C)nn(Cc2ccc(F)cc2C)c1C.